The summed E-state index contributed by atoms with van der Waals surface area (Å²) in [5.41, 5.74) is 1.98. The highest BCUT2D eigenvalue weighted by atomic mass is 32.2. The molecule has 7 heteroatoms. The first-order chi connectivity index (χ1) is 8.66. The minimum Gasteiger partial charge on any atom is -0.378 e. The molecule has 4 nitrogen and oxygen atoms in total. The van der Waals surface area contributed by atoms with Gasteiger partial charge in [0.1, 0.15) is 11.4 Å². The summed E-state index contributed by atoms with van der Waals surface area (Å²) in [6.07, 6.45) is 0. The number of anilines is 1. The van der Waals surface area contributed by atoms with Crippen LogP contribution in [0.3, 0.4) is 0 Å². The van der Waals surface area contributed by atoms with Gasteiger partial charge >= 0.3 is 0 Å². The minimum atomic E-state index is -2.44. The maximum Gasteiger partial charge on any atom is 0.288 e. The summed E-state index contributed by atoms with van der Waals surface area (Å²) in [5.74, 6) is -2.44. The summed E-state index contributed by atoms with van der Waals surface area (Å²) in [6, 6.07) is 6.89. The van der Waals surface area contributed by atoms with Crippen molar-refractivity contribution in [3.05, 3.63) is 35.7 Å². The molecule has 0 amide bonds. The van der Waals surface area contributed by atoms with E-state index in [1.54, 1.807) is 31.2 Å². The van der Waals surface area contributed by atoms with E-state index in [0.29, 0.717) is 40.3 Å². The van der Waals surface area contributed by atoms with Gasteiger partial charge in [0, 0.05) is 10.6 Å². The second-order valence-electron chi connectivity index (χ2n) is 3.52. The van der Waals surface area contributed by atoms with Gasteiger partial charge in [-0.1, -0.05) is 34.2 Å². The van der Waals surface area contributed by atoms with Crippen LogP contribution in [0.1, 0.15) is 11.4 Å². The lowest BCUT2D eigenvalue weighted by atomic mass is 10.3. The fraction of sp³-hybridized carbons (Fsp3) is 0.273. The van der Waals surface area contributed by atoms with E-state index in [1.165, 1.54) is 0 Å². The van der Waals surface area contributed by atoms with Crippen LogP contribution in [0.2, 0.25) is 0 Å². The monoisotopic (exact) mass is 271 g/mol. The van der Waals surface area contributed by atoms with E-state index in [4.69, 9.17) is 0 Å². The van der Waals surface area contributed by atoms with Crippen molar-refractivity contribution in [2.45, 2.75) is 24.1 Å². The van der Waals surface area contributed by atoms with Gasteiger partial charge in [-0.15, -0.1) is 0 Å². The van der Waals surface area contributed by atoms with E-state index in [0.717, 1.165) is 0 Å². The Balaban J connectivity index is 2.07. The Bertz CT molecular complexity index is 518. The van der Waals surface area contributed by atoms with E-state index in [-0.39, 0.29) is 0 Å². The summed E-state index contributed by atoms with van der Waals surface area (Å²) in [7, 11) is 0. The summed E-state index contributed by atoms with van der Waals surface area (Å²) in [5, 5.41) is 10.4. The number of rotatable bonds is 5. The highest BCUT2D eigenvalue weighted by molar-refractivity contribution is 7.99. The summed E-state index contributed by atoms with van der Waals surface area (Å²) >= 11 is 0.511. The lowest BCUT2D eigenvalue weighted by molar-refractivity contribution is 0.252. The van der Waals surface area contributed by atoms with Crippen molar-refractivity contribution in [3.63, 3.8) is 0 Å². The summed E-state index contributed by atoms with van der Waals surface area (Å²) in [4.78, 5) is 0.501. The molecule has 1 heterocycles. The average molecular weight is 271 g/mol. The molecule has 2 rings (SSSR count). The van der Waals surface area contributed by atoms with Crippen LogP contribution in [-0.2, 0) is 6.54 Å². The summed E-state index contributed by atoms with van der Waals surface area (Å²) in [6.45, 7) is 2.16. The lowest BCUT2D eigenvalue weighted by Crippen LogP contribution is -2.02. The molecular weight excluding hydrogens is 260 g/mol. The molecule has 1 aromatic heterocycles. The van der Waals surface area contributed by atoms with Crippen LogP contribution < -0.4 is 5.32 Å². The summed E-state index contributed by atoms with van der Waals surface area (Å²) < 4.78 is 29.3. The number of aromatic nitrogens is 2. The van der Waals surface area contributed by atoms with Crippen LogP contribution in [-0.4, -0.2) is 16.1 Å². The molecule has 0 unspecified atom stereocenters. The highest BCUT2D eigenvalue weighted by Crippen LogP contribution is 2.31. The molecule has 0 fully saturated rings. The predicted molar refractivity (Wildman–Crippen MR) is 64.7 cm³/mol. The van der Waals surface area contributed by atoms with Gasteiger partial charge in [-0.2, -0.15) is 8.78 Å². The first-order valence-corrected chi connectivity index (χ1v) is 6.10. The number of aryl methyl sites for hydroxylation is 1. The molecule has 1 aromatic carbocycles. The van der Waals surface area contributed by atoms with Gasteiger partial charge in [-0.05, 0) is 19.1 Å². The smallest absolute Gasteiger partial charge is 0.288 e. The van der Waals surface area contributed by atoms with Crippen LogP contribution in [0.4, 0.5) is 14.5 Å². The molecule has 2 aromatic rings. The molecule has 0 aliphatic carbocycles. The normalized spacial score (nSPS) is 10.9. The zero-order valence-electron chi connectivity index (χ0n) is 9.56. The number of nitrogens with one attached hydrogen (secondary N) is 1. The van der Waals surface area contributed by atoms with Crippen molar-refractivity contribution in [1.82, 2.24) is 10.3 Å². The Morgan fingerprint density at radius 2 is 2.11 bits per heavy atom. The molecule has 0 saturated carbocycles. The molecule has 18 heavy (non-hydrogen) atoms. The predicted octanol–water partition coefficient (Wildman–Crippen LogP) is 3.30. The number of thioether (sulfide) groups is 1. The van der Waals surface area contributed by atoms with Crippen molar-refractivity contribution in [1.29, 1.82) is 0 Å². The zero-order chi connectivity index (χ0) is 13.0. The fourth-order valence-electron chi connectivity index (χ4n) is 1.40. The number of hydrogen-bond acceptors (Lipinski definition) is 5. The van der Waals surface area contributed by atoms with Crippen molar-refractivity contribution >= 4 is 17.4 Å². The van der Waals surface area contributed by atoms with Gasteiger partial charge in [-0.25, -0.2) is 4.63 Å². The standard InChI is InChI=1S/C11H11F2N3OS/c1-7-9(16-17-15-7)6-14-8-4-2-3-5-10(8)18-11(12)13/h2-5,11,14H,6H2,1H3. The van der Waals surface area contributed by atoms with Crippen molar-refractivity contribution in [3.8, 4) is 0 Å². The second-order valence-corrected chi connectivity index (χ2v) is 4.56. The molecule has 96 valence electrons. The molecule has 0 radical (unpaired) electrons. The van der Waals surface area contributed by atoms with Gasteiger partial charge in [-0.3, -0.25) is 0 Å². The third-order valence-corrected chi connectivity index (χ3v) is 3.08. The first-order valence-electron chi connectivity index (χ1n) is 5.22. The third-order valence-electron chi connectivity index (χ3n) is 2.30. The van der Waals surface area contributed by atoms with Crippen molar-refractivity contribution in [2.24, 2.45) is 0 Å². The first kappa shape index (κ1) is 12.8. The molecule has 0 atom stereocenters. The Kier molecular flexibility index (Phi) is 4.14. The minimum absolute atomic E-state index is 0.385. The molecule has 0 bridgehead atoms. The van der Waals surface area contributed by atoms with Gasteiger partial charge in [0.25, 0.3) is 5.76 Å². The maximum absolute atomic E-state index is 12.4. The number of halogens is 2. The Hall–Kier alpha value is -1.63. The number of alkyl halides is 2. The van der Waals surface area contributed by atoms with Crippen molar-refractivity contribution < 1.29 is 13.4 Å². The van der Waals surface area contributed by atoms with Crippen LogP contribution in [0.15, 0.2) is 33.8 Å². The van der Waals surface area contributed by atoms with Crippen LogP contribution in [0.25, 0.3) is 0 Å². The lowest BCUT2D eigenvalue weighted by Gasteiger charge is -2.09. The third kappa shape index (κ3) is 3.19. The highest BCUT2D eigenvalue weighted by Gasteiger charge is 2.10. The van der Waals surface area contributed by atoms with E-state index in [9.17, 15) is 8.78 Å². The average Bonchev–Trinajstić information content (AvgIpc) is 2.73. The molecular formula is C11H11F2N3OS. The Labute approximate surface area is 107 Å². The Morgan fingerprint density at radius 3 is 2.78 bits per heavy atom. The van der Waals surface area contributed by atoms with Crippen LogP contribution >= 0.6 is 11.8 Å². The number of benzene rings is 1. The van der Waals surface area contributed by atoms with E-state index < -0.39 is 5.76 Å². The van der Waals surface area contributed by atoms with Gasteiger partial charge in [0.15, 0.2) is 0 Å². The number of hydrogen-bond donors (Lipinski definition) is 1. The second kappa shape index (κ2) is 5.81. The van der Waals surface area contributed by atoms with E-state index in [2.05, 4.69) is 20.3 Å². The molecule has 0 saturated heterocycles. The number of para-hydroxylation sites is 1. The largest absolute Gasteiger partial charge is 0.378 e. The fourth-order valence-corrected chi connectivity index (χ4v) is 2.02. The van der Waals surface area contributed by atoms with E-state index in [1.807, 2.05) is 0 Å². The topological polar surface area (TPSA) is 51.0 Å². The zero-order valence-corrected chi connectivity index (χ0v) is 10.4. The SMILES string of the molecule is Cc1nonc1CNc1ccccc1SC(F)F. The van der Waals surface area contributed by atoms with Gasteiger partial charge < -0.3 is 5.32 Å². The molecule has 0 spiro atoms. The van der Waals surface area contributed by atoms with Crippen LogP contribution in [0.5, 0.6) is 0 Å². The molecule has 0 aliphatic heterocycles. The van der Waals surface area contributed by atoms with E-state index >= 15 is 0 Å². The van der Waals surface area contributed by atoms with Crippen molar-refractivity contribution in [2.75, 3.05) is 5.32 Å². The number of nitrogens with zero attached hydrogens (tertiary/aromatic N) is 2. The maximum atomic E-state index is 12.4. The van der Waals surface area contributed by atoms with Crippen LogP contribution in [0, 0.1) is 6.92 Å². The van der Waals surface area contributed by atoms with Gasteiger partial charge in [0.05, 0.1) is 6.54 Å². The Morgan fingerprint density at radius 1 is 1.33 bits per heavy atom. The molecule has 1 N–H and O–H groups in total. The quantitative estimate of drug-likeness (QED) is 0.845. The van der Waals surface area contributed by atoms with Gasteiger partial charge in [0.2, 0.25) is 0 Å². The molecule has 0 aliphatic rings.